The zero-order chi connectivity index (χ0) is 19.9. The zero-order valence-electron chi connectivity index (χ0n) is 15.9. The second-order valence-electron chi connectivity index (χ2n) is 7.59. The highest BCUT2D eigenvalue weighted by molar-refractivity contribution is 8.24. The van der Waals surface area contributed by atoms with Gasteiger partial charge >= 0.3 is 0 Å². The van der Waals surface area contributed by atoms with Crippen molar-refractivity contribution >= 4 is 27.4 Å². The molecular formula is C22H26N2O3S. The Morgan fingerprint density at radius 1 is 1.14 bits per heavy atom. The summed E-state index contributed by atoms with van der Waals surface area (Å²) in [6, 6.07) is 12.3. The van der Waals surface area contributed by atoms with Gasteiger partial charge in [0.05, 0.1) is 11.1 Å². The van der Waals surface area contributed by atoms with Crippen LogP contribution in [0, 0.1) is 0 Å². The molecule has 5 nitrogen and oxygen atoms in total. The SMILES string of the molecule is CCc1ccc(-c2cc(C(N)=O)c3[nH]cc(C4CCS(O)(O)CC4)c3c2)cc1. The van der Waals surface area contributed by atoms with Crippen molar-refractivity contribution in [1.82, 2.24) is 4.98 Å². The smallest absolute Gasteiger partial charge is 0.250 e. The third-order valence-corrected chi connectivity index (χ3v) is 7.59. The van der Waals surface area contributed by atoms with Gasteiger partial charge in [-0.25, -0.2) is 0 Å². The summed E-state index contributed by atoms with van der Waals surface area (Å²) >= 11 is 0. The van der Waals surface area contributed by atoms with Gasteiger partial charge < -0.3 is 10.7 Å². The molecule has 1 aromatic heterocycles. The molecule has 0 bridgehead atoms. The minimum atomic E-state index is -2.42. The van der Waals surface area contributed by atoms with Crippen molar-refractivity contribution in [3.63, 3.8) is 0 Å². The average Bonchev–Trinajstić information content (AvgIpc) is 3.11. The minimum absolute atomic E-state index is 0.243. The summed E-state index contributed by atoms with van der Waals surface area (Å²) in [5, 5.41) is 0.995. The molecule has 0 saturated carbocycles. The van der Waals surface area contributed by atoms with Gasteiger partial charge in [0.1, 0.15) is 0 Å². The summed E-state index contributed by atoms with van der Waals surface area (Å²) in [6.07, 6.45) is 4.39. The largest absolute Gasteiger partial charge is 0.366 e. The van der Waals surface area contributed by atoms with Gasteiger partial charge in [-0.1, -0.05) is 31.2 Å². The molecular weight excluding hydrogens is 372 g/mol. The lowest BCUT2D eigenvalue weighted by molar-refractivity contribution is 0.100. The van der Waals surface area contributed by atoms with Crippen LogP contribution in [-0.2, 0) is 6.42 Å². The van der Waals surface area contributed by atoms with E-state index in [9.17, 15) is 13.9 Å². The van der Waals surface area contributed by atoms with Crippen molar-refractivity contribution < 1.29 is 13.9 Å². The van der Waals surface area contributed by atoms with E-state index in [1.807, 2.05) is 12.3 Å². The lowest BCUT2D eigenvalue weighted by Gasteiger charge is -2.39. The van der Waals surface area contributed by atoms with E-state index in [0.717, 1.165) is 46.9 Å². The number of aromatic nitrogens is 1. The van der Waals surface area contributed by atoms with E-state index in [0.29, 0.717) is 17.1 Å². The third kappa shape index (κ3) is 3.55. The fourth-order valence-electron chi connectivity index (χ4n) is 4.10. The van der Waals surface area contributed by atoms with E-state index in [1.165, 1.54) is 5.56 Å². The fraction of sp³-hybridized carbons (Fsp3) is 0.318. The van der Waals surface area contributed by atoms with Gasteiger partial charge in [0.15, 0.2) is 0 Å². The van der Waals surface area contributed by atoms with Crippen LogP contribution in [0.3, 0.4) is 0 Å². The van der Waals surface area contributed by atoms with Gasteiger partial charge in [0.25, 0.3) is 5.91 Å². The minimum Gasteiger partial charge on any atom is -0.366 e. The van der Waals surface area contributed by atoms with E-state index in [2.05, 4.69) is 42.2 Å². The molecule has 1 amide bonds. The predicted molar refractivity (Wildman–Crippen MR) is 116 cm³/mol. The molecule has 1 aliphatic rings. The Kier molecular flexibility index (Phi) is 4.95. The van der Waals surface area contributed by atoms with Crippen LogP contribution in [0.5, 0.6) is 0 Å². The molecule has 0 spiro atoms. The van der Waals surface area contributed by atoms with Crippen LogP contribution >= 0.6 is 10.6 Å². The summed E-state index contributed by atoms with van der Waals surface area (Å²) in [7, 11) is -2.42. The number of amides is 1. The molecule has 1 aliphatic heterocycles. The number of nitrogens with two attached hydrogens (primary N) is 1. The molecule has 1 fully saturated rings. The first kappa shape index (κ1) is 19.1. The van der Waals surface area contributed by atoms with Gasteiger partial charge in [-0.3, -0.25) is 13.9 Å². The lowest BCUT2D eigenvalue weighted by atomic mass is 9.90. The summed E-state index contributed by atoms with van der Waals surface area (Å²) < 4.78 is 19.9. The van der Waals surface area contributed by atoms with Crippen LogP contribution in [0.25, 0.3) is 22.0 Å². The van der Waals surface area contributed by atoms with Crippen molar-refractivity contribution in [2.45, 2.75) is 32.1 Å². The highest BCUT2D eigenvalue weighted by Gasteiger charge is 2.27. The number of nitrogens with one attached hydrogen (secondary N) is 1. The molecule has 0 atom stereocenters. The Bertz CT molecular complexity index is 1010. The standard InChI is InChI=1S/C22H26N2O3S/c1-2-14-3-5-15(6-4-14)17-11-18-20(16-7-9-28(26,27)10-8-16)13-24-21(18)19(12-17)22(23)25/h3-6,11-13,16,24,26-27H,2,7-10H2,1H3,(H2,23,25). The van der Waals surface area contributed by atoms with Crippen LogP contribution in [-0.4, -0.2) is 31.5 Å². The number of H-pyrrole nitrogens is 1. The van der Waals surface area contributed by atoms with Crippen molar-refractivity contribution in [3.05, 3.63) is 59.3 Å². The Morgan fingerprint density at radius 2 is 1.82 bits per heavy atom. The summed E-state index contributed by atoms with van der Waals surface area (Å²) in [6.45, 7) is 2.12. The molecule has 6 heteroatoms. The van der Waals surface area contributed by atoms with E-state index in [-0.39, 0.29) is 5.92 Å². The molecule has 28 heavy (non-hydrogen) atoms. The number of rotatable bonds is 4. The molecule has 1 saturated heterocycles. The van der Waals surface area contributed by atoms with Gasteiger partial charge in [-0.05, 0) is 59.6 Å². The first-order valence-corrected chi connectivity index (χ1v) is 11.5. The normalized spacial score (nSPS) is 18.2. The van der Waals surface area contributed by atoms with E-state index in [4.69, 9.17) is 5.73 Å². The molecule has 5 N–H and O–H groups in total. The number of aromatic amines is 1. The Morgan fingerprint density at radius 3 is 2.43 bits per heavy atom. The number of aryl methyl sites for hydroxylation is 1. The second kappa shape index (κ2) is 7.28. The van der Waals surface area contributed by atoms with Crippen LogP contribution < -0.4 is 5.73 Å². The van der Waals surface area contributed by atoms with Crippen molar-refractivity contribution in [3.8, 4) is 11.1 Å². The van der Waals surface area contributed by atoms with Crippen molar-refractivity contribution in [2.24, 2.45) is 5.73 Å². The average molecular weight is 399 g/mol. The van der Waals surface area contributed by atoms with Gasteiger partial charge in [0, 0.05) is 23.1 Å². The third-order valence-electron chi connectivity index (χ3n) is 5.81. The van der Waals surface area contributed by atoms with Crippen LogP contribution in [0.2, 0.25) is 0 Å². The fourth-order valence-corrected chi connectivity index (χ4v) is 5.63. The number of hydrogen-bond donors (Lipinski definition) is 4. The molecule has 4 rings (SSSR count). The number of carbonyl (C=O) groups is 1. The molecule has 0 unspecified atom stereocenters. The van der Waals surface area contributed by atoms with Gasteiger partial charge in [0.2, 0.25) is 0 Å². The van der Waals surface area contributed by atoms with E-state index >= 15 is 0 Å². The van der Waals surface area contributed by atoms with Crippen molar-refractivity contribution in [2.75, 3.05) is 11.5 Å². The van der Waals surface area contributed by atoms with Gasteiger partial charge in [-0.15, -0.1) is 0 Å². The first-order valence-electron chi connectivity index (χ1n) is 9.65. The molecule has 148 valence electrons. The maximum atomic E-state index is 12.1. The molecule has 2 aromatic carbocycles. The number of primary amides is 1. The Hall–Kier alpha value is -2.28. The van der Waals surface area contributed by atoms with Crippen LogP contribution in [0.15, 0.2) is 42.6 Å². The maximum Gasteiger partial charge on any atom is 0.250 e. The lowest BCUT2D eigenvalue weighted by Crippen LogP contribution is -2.19. The molecule has 2 heterocycles. The second-order valence-corrected chi connectivity index (χ2v) is 10.0. The highest BCUT2D eigenvalue weighted by atomic mass is 32.3. The topological polar surface area (TPSA) is 99.3 Å². The highest BCUT2D eigenvalue weighted by Crippen LogP contribution is 2.49. The maximum absolute atomic E-state index is 12.1. The van der Waals surface area contributed by atoms with Gasteiger partial charge in [-0.2, -0.15) is 10.6 Å². The zero-order valence-corrected chi connectivity index (χ0v) is 16.8. The predicted octanol–water partition coefficient (Wildman–Crippen LogP) is 5.12. The number of hydrogen-bond acceptors (Lipinski definition) is 3. The number of fused-ring (bicyclic) bond motifs is 1. The van der Waals surface area contributed by atoms with E-state index < -0.39 is 16.5 Å². The van der Waals surface area contributed by atoms with Crippen LogP contribution in [0.4, 0.5) is 0 Å². The molecule has 0 radical (unpaired) electrons. The summed E-state index contributed by atoms with van der Waals surface area (Å²) in [4.78, 5) is 15.3. The first-order chi connectivity index (χ1) is 13.4. The molecule has 0 aliphatic carbocycles. The summed E-state index contributed by atoms with van der Waals surface area (Å²) in [5.41, 5.74) is 11.3. The quantitative estimate of drug-likeness (QED) is 0.490. The molecule has 3 aromatic rings. The van der Waals surface area contributed by atoms with Crippen LogP contribution in [0.1, 0.15) is 47.2 Å². The summed E-state index contributed by atoms with van der Waals surface area (Å²) in [5.74, 6) is 0.659. The van der Waals surface area contributed by atoms with Crippen molar-refractivity contribution in [1.29, 1.82) is 0 Å². The monoisotopic (exact) mass is 398 g/mol. The Labute approximate surface area is 166 Å². The van der Waals surface area contributed by atoms with E-state index in [1.54, 1.807) is 0 Å². The Balaban J connectivity index is 1.80. The number of benzene rings is 2. The number of carbonyl (C=O) groups excluding carboxylic acids is 1.